The first-order valence-corrected chi connectivity index (χ1v) is 10.5. The number of nitrogens with one attached hydrogen (secondary N) is 2. The average Bonchev–Trinajstić information content (AvgIpc) is 3.18. The van der Waals surface area contributed by atoms with Gasteiger partial charge in [-0.3, -0.25) is 4.79 Å². The minimum atomic E-state index is -0.648. The number of fused-ring (bicyclic) bond motifs is 3. The van der Waals surface area contributed by atoms with E-state index < -0.39 is 6.04 Å². The minimum Gasteiger partial charge on any atom is -0.467 e. The van der Waals surface area contributed by atoms with Crippen molar-refractivity contribution in [3.8, 4) is 0 Å². The maximum Gasteiger partial charge on any atom is 0.328 e. The summed E-state index contributed by atoms with van der Waals surface area (Å²) in [6.45, 7) is 0. The molecule has 3 aliphatic carbocycles. The Hall–Kier alpha value is -2.30. The van der Waals surface area contributed by atoms with Gasteiger partial charge in [-0.2, -0.15) is 0 Å². The first kappa shape index (κ1) is 17.8. The maximum absolute atomic E-state index is 13.5. The molecule has 5 heteroatoms. The van der Waals surface area contributed by atoms with E-state index in [1.54, 1.807) is 0 Å². The number of benzene rings is 1. The Labute approximate surface area is 165 Å². The molecule has 3 saturated carbocycles. The molecule has 0 spiro atoms. The average molecular weight is 380 g/mol. The summed E-state index contributed by atoms with van der Waals surface area (Å²) in [4.78, 5) is 29.2. The van der Waals surface area contributed by atoms with Crippen molar-refractivity contribution in [2.45, 2.75) is 51.0 Å². The van der Waals surface area contributed by atoms with Crippen molar-refractivity contribution >= 4 is 22.8 Å². The molecule has 2 N–H and O–H groups in total. The normalized spacial score (nSPS) is 31.7. The lowest BCUT2D eigenvalue weighted by Gasteiger charge is -2.44. The van der Waals surface area contributed by atoms with Crippen LogP contribution in [0.25, 0.3) is 10.9 Å². The molecule has 28 heavy (non-hydrogen) atoms. The third-order valence-electron chi connectivity index (χ3n) is 7.64. The molecule has 0 radical (unpaired) electrons. The lowest BCUT2D eigenvalue weighted by atomic mass is 9.61. The lowest BCUT2D eigenvalue weighted by Crippen LogP contribution is -2.53. The van der Waals surface area contributed by atoms with E-state index in [1.807, 2.05) is 30.5 Å². The highest BCUT2D eigenvalue weighted by molar-refractivity contribution is 5.90. The number of hydrogen-bond acceptors (Lipinski definition) is 3. The standard InChI is InChI=1S/C23H28N2O3/c1-28-21(26)20(10-16-13-24-19-5-3-2-4-18(16)19)25-22(27)23-11-14-6-7-17(23)9-15(8-14)12-23/h2-5,13-15,17,20,24H,6-12H2,1H3,(H,25,27)/t14-,15-,17-,20-,23+/m1/s1. The lowest BCUT2D eigenvalue weighted by molar-refractivity contribution is -0.148. The zero-order valence-electron chi connectivity index (χ0n) is 16.4. The third-order valence-corrected chi connectivity index (χ3v) is 7.64. The zero-order valence-corrected chi connectivity index (χ0v) is 16.4. The molecule has 5 atom stereocenters. The molecule has 1 aromatic heterocycles. The number of rotatable bonds is 5. The fraction of sp³-hybridized carbons (Fsp3) is 0.565. The highest BCUT2D eigenvalue weighted by Gasteiger charge is 2.58. The molecule has 0 saturated heterocycles. The van der Waals surface area contributed by atoms with E-state index in [9.17, 15) is 9.59 Å². The number of esters is 1. The Morgan fingerprint density at radius 2 is 2.04 bits per heavy atom. The fourth-order valence-electron chi connectivity index (χ4n) is 6.47. The van der Waals surface area contributed by atoms with Gasteiger partial charge in [0.25, 0.3) is 0 Å². The second-order valence-corrected chi connectivity index (χ2v) is 9.15. The maximum atomic E-state index is 13.5. The molecule has 1 aromatic carbocycles. The quantitative estimate of drug-likeness (QED) is 0.779. The van der Waals surface area contributed by atoms with E-state index in [0.717, 1.165) is 29.3 Å². The Bertz CT molecular complexity index is 919. The topological polar surface area (TPSA) is 71.2 Å². The summed E-state index contributed by atoms with van der Waals surface area (Å²) in [7, 11) is 1.39. The van der Waals surface area contributed by atoms with Gasteiger partial charge in [0.2, 0.25) is 5.91 Å². The number of methoxy groups -OCH3 is 1. The Kier molecular flexibility index (Phi) is 4.22. The largest absolute Gasteiger partial charge is 0.467 e. The smallest absolute Gasteiger partial charge is 0.328 e. The summed E-state index contributed by atoms with van der Waals surface area (Å²) < 4.78 is 5.04. The van der Waals surface area contributed by atoms with Crippen LogP contribution < -0.4 is 5.32 Å². The van der Waals surface area contributed by atoms with E-state index in [-0.39, 0.29) is 17.3 Å². The molecule has 0 unspecified atom stereocenters. The van der Waals surface area contributed by atoms with Crippen molar-refractivity contribution in [3.63, 3.8) is 0 Å². The number of aromatic nitrogens is 1. The minimum absolute atomic E-state index is 0.0830. The monoisotopic (exact) mass is 380 g/mol. The van der Waals surface area contributed by atoms with Gasteiger partial charge < -0.3 is 15.0 Å². The van der Waals surface area contributed by atoms with Crippen LogP contribution >= 0.6 is 0 Å². The number of amides is 1. The molecule has 3 aliphatic rings. The first-order chi connectivity index (χ1) is 13.6. The predicted molar refractivity (Wildman–Crippen MR) is 107 cm³/mol. The Balaban J connectivity index is 1.39. The van der Waals surface area contributed by atoms with Gasteiger partial charge in [0.1, 0.15) is 6.04 Å². The van der Waals surface area contributed by atoms with Gasteiger partial charge in [0.05, 0.1) is 12.5 Å². The molecular formula is C23H28N2O3. The van der Waals surface area contributed by atoms with Gasteiger partial charge in [-0.15, -0.1) is 0 Å². The first-order valence-electron chi connectivity index (χ1n) is 10.5. The molecular weight excluding hydrogens is 352 g/mol. The van der Waals surface area contributed by atoms with E-state index in [1.165, 1.54) is 32.8 Å². The van der Waals surface area contributed by atoms with Gasteiger partial charge in [-0.05, 0) is 61.5 Å². The van der Waals surface area contributed by atoms with Gasteiger partial charge in [-0.1, -0.05) is 24.6 Å². The van der Waals surface area contributed by atoms with E-state index >= 15 is 0 Å². The van der Waals surface area contributed by atoms with Crippen LogP contribution in [0.4, 0.5) is 0 Å². The van der Waals surface area contributed by atoms with Crippen LogP contribution in [0.15, 0.2) is 30.5 Å². The van der Waals surface area contributed by atoms with Crippen LogP contribution in [-0.4, -0.2) is 30.0 Å². The molecule has 3 bridgehead atoms. The third kappa shape index (κ3) is 2.75. The number of para-hydroxylation sites is 1. The van der Waals surface area contributed by atoms with Gasteiger partial charge in [0, 0.05) is 23.5 Å². The fourth-order valence-corrected chi connectivity index (χ4v) is 6.47. The Morgan fingerprint density at radius 3 is 2.89 bits per heavy atom. The molecule has 2 aromatic rings. The summed E-state index contributed by atoms with van der Waals surface area (Å²) >= 11 is 0. The van der Waals surface area contributed by atoms with Crippen LogP contribution in [0.1, 0.15) is 44.1 Å². The molecule has 1 heterocycles. The SMILES string of the molecule is COC(=O)[C@@H](Cc1c[nH]c2ccccc12)NC(=O)[C@]12C[C@@H]3CC[C@@H]1C[C@@H](C3)C2. The predicted octanol–water partition coefficient (Wildman–Crippen LogP) is 3.58. The molecule has 5 nitrogen and oxygen atoms in total. The van der Waals surface area contributed by atoms with Gasteiger partial charge >= 0.3 is 5.97 Å². The molecule has 5 rings (SSSR count). The second-order valence-electron chi connectivity index (χ2n) is 9.15. The van der Waals surface area contributed by atoms with Crippen molar-refractivity contribution < 1.29 is 14.3 Å². The molecule has 1 amide bonds. The van der Waals surface area contributed by atoms with Crippen LogP contribution in [0.2, 0.25) is 0 Å². The van der Waals surface area contributed by atoms with Crippen LogP contribution in [0.5, 0.6) is 0 Å². The van der Waals surface area contributed by atoms with Crippen molar-refractivity contribution in [1.29, 1.82) is 0 Å². The van der Waals surface area contributed by atoms with Crippen LogP contribution in [-0.2, 0) is 20.7 Å². The zero-order chi connectivity index (χ0) is 19.3. The number of hydrogen-bond donors (Lipinski definition) is 2. The number of ether oxygens (including phenoxy) is 1. The van der Waals surface area contributed by atoms with Crippen LogP contribution in [0.3, 0.4) is 0 Å². The molecule has 0 aliphatic heterocycles. The Morgan fingerprint density at radius 1 is 1.21 bits per heavy atom. The summed E-state index contributed by atoms with van der Waals surface area (Å²) in [6.07, 6.45) is 9.29. The van der Waals surface area contributed by atoms with Crippen molar-refractivity contribution in [3.05, 3.63) is 36.0 Å². The summed E-state index contributed by atoms with van der Waals surface area (Å²) in [5, 5.41) is 4.20. The van der Waals surface area contributed by atoms with E-state index in [4.69, 9.17) is 4.74 Å². The van der Waals surface area contributed by atoms with E-state index in [0.29, 0.717) is 24.2 Å². The second kappa shape index (κ2) is 6.64. The highest BCUT2D eigenvalue weighted by atomic mass is 16.5. The summed E-state index contributed by atoms with van der Waals surface area (Å²) in [5.74, 6) is 1.59. The van der Waals surface area contributed by atoms with E-state index in [2.05, 4.69) is 10.3 Å². The van der Waals surface area contributed by atoms with Crippen molar-refractivity contribution in [1.82, 2.24) is 10.3 Å². The van der Waals surface area contributed by atoms with Gasteiger partial charge in [0.15, 0.2) is 0 Å². The van der Waals surface area contributed by atoms with Gasteiger partial charge in [-0.25, -0.2) is 4.79 Å². The van der Waals surface area contributed by atoms with Crippen LogP contribution in [0, 0.1) is 23.2 Å². The highest BCUT2D eigenvalue weighted by Crippen LogP contribution is 2.62. The molecule has 3 fully saturated rings. The summed E-state index contributed by atoms with van der Waals surface area (Å²) in [6, 6.07) is 7.38. The number of H-pyrrole nitrogens is 1. The number of carbonyl (C=O) groups excluding carboxylic acids is 2. The number of aromatic amines is 1. The van der Waals surface area contributed by atoms with Crippen molar-refractivity contribution in [2.75, 3.05) is 7.11 Å². The summed E-state index contributed by atoms with van der Waals surface area (Å²) in [5.41, 5.74) is 1.81. The molecule has 148 valence electrons. The van der Waals surface area contributed by atoms with Crippen molar-refractivity contribution in [2.24, 2.45) is 23.2 Å². The number of carbonyl (C=O) groups is 2.